The van der Waals surface area contributed by atoms with Crippen LogP contribution >= 0.6 is 11.8 Å². The lowest BCUT2D eigenvalue weighted by Crippen LogP contribution is -1.85. The van der Waals surface area contributed by atoms with E-state index < -0.39 is 0 Å². The molecule has 0 amide bonds. The lowest BCUT2D eigenvalue weighted by Gasteiger charge is -2.02. The Kier molecular flexibility index (Phi) is 4.48. The van der Waals surface area contributed by atoms with Crippen LogP contribution in [0.2, 0.25) is 0 Å². The largest absolute Gasteiger partial charge is 0.507 e. The lowest BCUT2D eigenvalue weighted by molar-refractivity contribution is -0.109. The summed E-state index contributed by atoms with van der Waals surface area (Å²) in [6, 6.07) is 11.4. The van der Waals surface area contributed by atoms with Crippen molar-refractivity contribution in [3.8, 4) is 17.6 Å². The molecule has 0 fully saturated rings. The van der Waals surface area contributed by atoms with Crippen molar-refractivity contribution in [2.45, 2.75) is 13.3 Å². The molecule has 0 bridgehead atoms. The Labute approximate surface area is 116 Å². The predicted octanol–water partition coefficient (Wildman–Crippen LogP) is 3.57. The maximum absolute atomic E-state index is 10.8. The SMILES string of the molecule is CC(=O)SCCC#Cc1c(O)ccc2ccccc12. The molecule has 0 saturated carbocycles. The minimum Gasteiger partial charge on any atom is -0.507 e. The fourth-order valence-corrected chi connectivity index (χ4v) is 2.28. The van der Waals surface area contributed by atoms with E-state index in [2.05, 4.69) is 11.8 Å². The minimum absolute atomic E-state index is 0.106. The number of fused-ring (bicyclic) bond motifs is 1. The van der Waals surface area contributed by atoms with Crippen LogP contribution in [0.4, 0.5) is 0 Å². The first-order valence-corrected chi connectivity index (χ1v) is 7.00. The van der Waals surface area contributed by atoms with E-state index in [0.29, 0.717) is 17.7 Å². The second-order valence-corrected chi connectivity index (χ2v) is 5.34. The maximum Gasteiger partial charge on any atom is 0.185 e. The third-order valence-electron chi connectivity index (χ3n) is 2.65. The van der Waals surface area contributed by atoms with Crippen LogP contribution in [0.25, 0.3) is 10.8 Å². The molecule has 0 heterocycles. The zero-order valence-electron chi connectivity index (χ0n) is 10.6. The van der Waals surface area contributed by atoms with Gasteiger partial charge in [-0.25, -0.2) is 0 Å². The lowest BCUT2D eigenvalue weighted by atomic mass is 10.0. The summed E-state index contributed by atoms with van der Waals surface area (Å²) in [5.74, 6) is 6.90. The molecule has 0 atom stereocenters. The van der Waals surface area contributed by atoms with Gasteiger partial charge < -0.3 is 5.11 Å². The average molecular weight is 270 g/mol. The highest BCUT2D eigenvalue weighted by atomic mass is 32.2. The molecule has 96 valence electrons. The fourth-order valence-electron chi connectivity index (χ4n) is 1.79. The molecule has 0 unspecified atom stereocenters. The van der Waals surface area contributed by atoms with Crippen molar-refractivity contribution in [2.24, 2.45) is 0 Å². The van der Waals surface area contributed by atoms with Crippen LogP contribution in [0.15, 0.2) is 36.4 Å². The van der Waals surface area contributed by atoms with Crippen LogP contribution in [0.3, 0.4) is 0 Å². The summed E-state index contributed by atoms with van der Waals surface area (Å²) in [6.07, 6.45) is 0.632. The summed E-state index contributed by atoms with van der Waals surface area (Å²) in [5, 5.41) is 12.0. The summed E-state index contributed by atoms with van der Waals surface area (Å²) in [5.41, 5.74) is 0.658. The van der Waals surface area contributed by atoms with Gasteiger partial charge in [-0.05, 0) is 11.5 Å². The summed E-state index contributed by atoms with van der Waals surface area (Å²) in [7, 11) is 0. The third kappa shape index (κ3) is 3.52. The first-order valence-electron chi connectivity index (χ1n) is 6.01. The van der Waals surface area contributed by atoms with E-state index in [9.17, 15) is 9.90 Å². The van der Waals surface area contributed by atoms with E-state index in [-0.39, 0.29) is 10.9 Å². The van der Waals surface area contributed by atoms with Crippen molar-refractivity contribution in [1.82, 2.24) is 0 Å². The monoisotopic (exact) mass is 270 g/mol. The number of rotatable bonds is 2. The zero-order chi connectivity index (χ0) is 13.7. The average Bonchev–Trinajstić information content (AvgIpc) is 2.40. The van der Waals surface area contributed by atoms with Gasteiger partial charge in [-0.3, -0.25) is 4.79 Å². The summed E-state index contributed by atoms with van der Waals surface area (Å²) in [6.45, 7) is 1.55. The summed E-state index contributed by atoms with van der Waals surface area (Å²) in [4.78, 5) is 10.8. The first kappa shape index (κ1) is 13.5. The smallest absolute Gasteiger partial charge is 0.185 e. The van der Waals surface area contributed by atoms with Gasteiger partial charge in [0.25, 0.3) is 0 Å². The van der Waals surface area contributed by atoms with Crippen LogP contribution in [0.5, 0.6) is 5.75 Å². The molecule has 0 aliphatic rings. The second kappa shape index (κ2) is 6.31. The molecule has 0 spiro atoms. The van der Waals surface area contributed by atoms with E-state index in [4.69, 9.17) is 0 Å². The van der Waals surface area contributed by atoms with Crippen LogP contribution in [-0.2, 0) is 4.79 Å². The Morgan fingerprint density at radius 3 is 2.84 bits per heavy atom. The fraction of sp³-hybridized carbons (Fsp3) is 0.188. The van der Waals surface area contributed by atoms with Gasteiger partial charge in [0.05, 0.1) is 5.56 Å². The van der Waals surface area contributed by atoms with Gasteiger partial charge in [0, 0.05) is 24.5 Å². The molecule has 0 aliphatic carbocycles. The van der Waals surface area contributed by atoms with Crippen LogP contribution in [0.1, 0.15) is 18.9 Å². The number of carbonyl (C=O) groups is 1. The molecule has 0 saturated heterocycles. The Hall–Kier alpha value is -1.92. The Morgan fingerprint density at radius 1 is 1.26 bits per heavy atom. The summed E-state index contributed by atoms with van der Waals surface area (Å²) >= 11 is 1.27. The van der Waals surface area contributed by atoms with E-state index in [1.54, 1.807) is 13.0 Å². The van der Waals surface area contributed by atoms with E-state index >= 15 is 0 Å². The number of hydrogen-bond donors (Lipinski definition) is 1. The van der Waals surface area contributed by atoms with Crippen molar-refractivity contribution in [3.63, 3.8) is 0 Å². The maximum atomic E-state index is 10.8. The normalized spacial score (nSPS) is 9.95. The molecule has 2 aromatic rings. The topological polar surface area (TPSA) is 37.3 Å². The van der Waals surface area contributed by atoms with Crippen LogP contribution in [0, 0.1) is 11.8 Å². The van der Waals surface area contributed by atoms with Gasteiger partial charge in [0.1, 0.15) is 5.75 Å². The van der Waals surface area contributed by atoms with Crippen molar-refractivity contribution in [2.75, 3.05) is 5.75 Å². The van der Waals surface area contributed by atoms with Crippen molar-refractivity contribution in [1.29, 1.82) is 0 Å². The number of benzene rings is 2. The number of carbonyl (C=O) groups excluding carboxylic acids is 1. The van der Waals surface area contributed by atoms with Crippen LogP contribution < -0.4 is 0 Å². The number of phenols is 1. The molecule has 0 radical (unpaired) electrons. The molecular formula is C16H14O2S. The Balaban J connectivity index is 2.22. The zero-order valence-corrected chi connectivity index (χ0v) is 11.5. The van der Waals surface area contributed by atoms with E-state index in [0.717, 1.165) is 10.8 Å². The quantitative estimate of drug-likeness (QED) is 0.669. The van der Waals surface area contributed by atoms with Gasteiger partial charge in [-0.1, -0.05) is 53.9 Å². The van der Waals surface area contributed by atoms with Gasteiger partial charge in [-0.2, -0.15) is 0 Å². The highest BCUT2D eigenvalue weighted by Crippen LogP contribution is 2.26. The molecule has 2 aromatic carbocycles. The number of aromatic hydroxyl groups is 1. The molecule has 2 nitrogen and oxygen atoms in total. The summed E-state index contributed by atoms with van der Waals surface area (Å²) < 4.78 is 0. The predicted molar refractivity (Wildman–Crippen MR) is 80.2 cm³/mol. The molecule has 19 heavy (non-hydrogen) atoms. The van der Waals surface area contributed by atoms with E-state index in [1.165, 1.54) is 11.8 Å². The second-order valence-electron chi connectivity index (χ2n) is 4.07. The van der Waals surface area contributed by atoms with Gasteiger partial charge in [0.15, 0.2) is 5.12 Å². The van der Waals surface area contributed by atoms with Crippen LogP contribution in [-0.4, -0.2) is 16.0 Å². The van der Waals surface area contributed by atoms with Crippen molar-refractivity contribution >= 4 is 27.6 Å². The molecule has 1 N–H and O–H groups in total. The third-order valence-corrected chi connectivity index (χ3v) is 3.47. The van der Waals surface area contributed by atoms with E-state index in [1.807, 2.05) is 30.3 Å². The standard InChI is InChI=1S/C16H14O2S/c1-12(17)19-11-5-4-8-15-14-7-3-2-6-13(14)9-10-16(15)18/h2-3,6-7,9-10,18H,5,11H2,1H3. The van der Waals surface area contributed by atoms with Gasteiger partial charge in [0.2, 0.25) is 0 Å². The van der Waals surface area contributed by atoms with Gasteiger partial charge in [-0.15, -0.1) is 0 Å². The number of hydrogen-bond acceptors (Lipinski definition) is 3. The Morgan fingerprint density at radius 2 is 2.05 bits per heavy atom. The number of thioether (sulfide) groups is 1. The molecule has 2 rings (SSSR count). The highest BCUT2D eigenvalue weighted by molar-refractivity contribution is 8.13. The Bertz CT molecular complexity index is 665. The van der Waals surface area contributed by atoms with Gasteiger partial charge >= 0.3 is 0 Å². The van der Waals surface area contributed by atoms with Crippen molar-refractivity contribution in [3.05, 3.63) is 42.0 Å². The highest BCUT2D eigenvalue weighted by Gasteiger charge is 2.03. The molecule has 0 aliphatic heterocycles. The molecular weight excluding hydrogens is 256 g/mol. The first-order chi connectivity index (χ1) is 9.18. The molecule has 0 aromatic heterocycles. The molecule has 3 heteroatoms. The minimum atomic E-state index is 0.106. The number of phenolic OH excluding ortho intramolecular Hbond substituents is 1. The van der Waals surface area contributed by atoms with Crippen molar-refractivity contribution < 1.29 is 9.90 Å².